The molecule has 1 aliphatic rings. The van der Waals surface area contributed by atoms with Crippen LogP contribution in [0.1, 0.15) is 30.4 Å². The molecule has 1 unspecified atom stereocenters. The third-order valence-corrected chi connectivity index (χ3v) is 2.79. The fourth-order valence-electron chi connectivity index (χ4n) is 1.84. The number of aliphatic carboxylic acids is 1. The Balaban J connectivity index is 2.09. The minimum atomic E-state index is -0.773. The van der Waals surface area contributed by atoms with Crippen molar-refractivity contribution < 1.29 is 14.6 Å². The van der Waals surface area contributed by atoms with Crippen LogP contribution in [-0.4, -0.2) is 30.1 Å². The maximum absolute atomic E-state index is 10.6. The molecule has 0 aromatic heterocycles. The second kappa shape index (κ2) is 4.99. The van der Waals surface area contributed by atoms with E-state index in [2.05, 4.69) is 4.99 Å². The lowest BCUT2D eigenvalue weighted by Crippen LogP contribution is -2.04. The first-order chi connectivity index (χ1) is 8.16. The van der Waals surface area contributed by atoms with Crippen LogP contribution in [0.3, 0.4) is 0 Å². The van der Waals surface area contributed by atoms with Crippen molar-refractivity contribution in [3.8, 4) is 0 Å². The van der Waals surface area contributed by atoms with Gasteiger partial charge in [-0.25, -0.2) is 4.99 Å². The normalized spacial score (nSPS) is 16.2. The SMILES string of the molecule is CC(CC(=O)O)c1ccc(C2=NCCO2)cc1. The van der Waals surface area contributed by atoms with Crippen LogP contribution < -0.4 is 0 Å². The van der Waals surface area contributed by atoms with Crippen molar-refractivity contribution in [2.75, 3.05) is 13.2 Å². The van der Waals surface area contributed by atoms with Crippen LogP contribution in [0.25, 0.3) is 0 Å². The molecule has 2 rings (SSSR count). The van der Waals surface area contributed by atoms with Crippen LogP contribution in [-0.2, 0) is 9.53 Å². The Morgan fingerprint density at radius 3 is 2.71 bits per heavy atom. The number of ether oxygens (including phenoxy) is 1. The van der Waals surface area contributed by atoms with E-state index in [-0.39, 0.29) is 12.3 Å². The highest BCUT2D eigenvalue weighted by molar-refractivity contribution is 5.94. The van der Waals surface area contributed by atoms with Crippen LogP contribution in [0.15, 0.2) is 29.3 Å². The molecule has 0 aliphatic carbocycles. The Bertz CT molecular complexity index is 436. The van der Waals surface area contributed by atoms with Crippen LogP contribution in [0, 0.1) is 0 Å². The molecule has 1 aromatic carbocycles. The van der Waals surface area contributed by atoms with Crippen molar-refractivity contribution in [2.45, 2.75) is 19.3 Å². The molecule has 1 atom stereocenters. The number of hydrogen-bond donors (Lipinski definition) is 1. The number of hydrogen-bond acceptors (Lipinski definition) is 3. The van der Waals surface area contributed by atoms with Gasteiger partial charge < -0.3 is 9.84 Å². The van der Waals surface area contributed by atoms with E-state index in [0.29, 0.717) is 19.0 Å². The van der Waals surface area contributed by atoms with Crippen molar-refractivity contribution in [3.63, 3.8) is 0 Å². The van der Waals surface area contributed by atoms with Crippen molar-refractivity contribution in [3.05, 3.63) is 35.4 Å². The number of carboxylic acid groups (broad SMARTS) is 1. The van der Waals surface area contributed by atoms with E-state index >= 15 is 0 Å². The summed E-state index contributed by atoms with van der Waals surface area (Å²) in [5.74, 6) is -0.0690. The van der Waals surface area contributed by atoms with Gasteiger partial charge in [0.05, 0.1) is 13.0 Å². The largest absolute Gasteiger partial charge is 0.481 e. The number of nitrogens with zero attached hydrogens (tertiary/aromatic N) is 1. The predicted octanol–water partition coefficient (Wildman–Crippen LogP) is 2.04. The van der Waals surface area contributed by atoms with Gasteiger partial charge in [-0.15, -0.1) is 0 Å². The molecule has 0 amide bonds. The summed E-state index contributed by atoms with van der Waals surface area (Å²) in [7, 11) is 0. The van der Waals surface area contributed by atoms with Gasteiger partial charge >= 0.3 is 5.97 Å². The maximum atomic E-state index is 10.6. The van der Waals surface area contributed by atoms with Gasteiger partial charge in [0.15, 0.2) is 0 Å². The molecule has 1 heterocycles. The van der Waals surface area contributed by atoms with E-state index in [4.69, 9.17) is 9.84 Å². The van der Waals surface area contributed by atoms with Gasteiger partial charge in [0.1, 0.15) is 6.61 Å². The summed E-state index contributed by atoms with van der Waals surface area (Å²) in [4.78, 5) is 14.8. The number of rotatable bonds is 4. The van der Waals surface area contributed by atoms with Crippen LogP contribution in [0.4, 0.5) is 0 Å². The molecule has 0 saturated heterocycles. The summed E-state index contributed by atoms with van der Waals surface area (Å²) in [5.41, 5.74) is 1.98. The van der Waals surface area contributed by atoms with Gasteiger partial charge in [0.2, 0.25) is 5.90 Å². The van der Waals surface area contributed by atoms with Gasteiger partial charge in [-0.3, -0.25) is 4.79 Å². The highest BCUT2D eigenvalue weighted by Gasteiger charge is 2.13. The molecular formula is C13H15NO3. The zero-order valence-corrected chi connectivity index (χ0v) is 9.72. The van der Waals surface area contributed by atoms with Crippen molar-refractivity contribution in [1.82, 2.24) is 0 Å². The fourth-order valence-corrected chi connectivity index (χ4v) is 1.84. The van der Waals surface area contributed by atoms with Gasteiger partial charge in [0, 0.05) is 5.56 Å². The second-order valence-corrected chi connectivity index (χ2v) is 4.16. The first-order valence-corrected chi connectivity index (χ1v) is 5.66. The summed E-state index contributed by atoms with van der Waals surface area (Å²) in [6.07, 6.45) is 0.150. The number of aliphatic imine (C=N–C) groups is 1. The maximum Gasteiger partial charge on any atom is 0.303 e. The fraction of sp³-hybridized carbons (Fsp3) is 0.385. The topological polar surface area (TPSA) is 58.9 Å². The molecule has 90 valence electrons. The van der Waals surface area contributed by atoms with Gasteiger partial charge in [0.25, 0.3) is 0 Å². The third-order valence-electron chi connectivity index (χ3n) is 2.79. The Morgan fingerprint density at radius 2 is 2.18 bits per heavy atom. The van der Waals surface area contributed by atoms with Crippen LogP contribution >= 0.6 is 0 Å². The Hall–Kier alpha value is -1.84. The number of carbonyl (C=O) groups is 1. The Kier molecular flexibility index (Phi) is 3.42. The molecule has 0 bridgehead atoms. The first-order valence-electron chi connectivity index (χ1n) is 5.66. The second-order valence-electron chi connectivity index (χ2n) is 4.16. The Labute approximate surface area is 99.9 Å². The molecule has 0 fully saturated rings. The van der Waals surface area contributed by atoms with Crippen molar-refractivity contribution in [2.24, 2.45) is 4.99 Å². The van der Waals surface area contributed by atoms with Gasteiger partial charge in [-0.2, -0.15) is 0 Å². The zero-order valence-electron chi connectivity index (χ0n) is 9.72. The number of benzene rings is 1. The number of carboxylic acids is 1. The van der Waals surface area contributed by atoms with E-state index in [9.17, 15) is 4.79 Å². The van der Waals surface area contributed by atoms with Crippen LogP contribution in [0.2, 0.25) is 0 Å². The summed E-state index contributed by atoms with van der Waals surface area (Å²) in [6, 6.07) is 7.73. The van der Waals surface area contributed by atoms with Gasteiger partial charge in [-0.1, -0.05) is 19.1 Å². The van der Waals surface area contributed by atoms with Crippen molar-refractivity contribution >= 4 is 11.9 Å². The average molecular weight is 233 g/mol. The molecule has 4 nitrogen and oxygen atoms in total. The van der Waals surface area contributed by atoms with E-state index < -0.39 is 5.97 Å². The molecule has 17 heavy (non-hydrogen) atoms. The quantitative estimate of drug-likeness (QED) is 0.865. The summed E-state index contributed by atoms with van der Waals surface area (Å²) >= 11 is 0. The lowest BCUT2D eigenvalue weighted by Gasteiger charge is -2.09. The monoisotopic (exact) mass is 233 g/mol. The molecule has 0 radical (unpaired) electrons. The average Bonchev–Trinajstić information content (AvgIpc) is 2.82. The minimum Gasteiger partial charge on any atom is -0.481 e. The molecule has 4 heteroatoms. The summed E-state index contributed by atoms with van der Waals surface area (Å²) < 4.78 is 5.36. The first kappa shape index (κ1) is 11.6. The minimum absolute atomic E-state index is 0.0213. The molecule has 1 aliphatic heterocycles. The van der Waals surface area contributed by atoms with E-state index in [0.717, 1.165) is 11.1 Å². The molecule has 1 aromatic rings. The lowest BCUT2D eigenvalue weighted by atomic mass is 9.97. The highest BCUT2D eigenvalue weighted by Crippen LogP contribution is 2.20. The lowest BCUT2D eigenvalue weighted by molar-refractivity contribution is -0.137. The molecular weight excluding hydrogens is 218 g/mol. The third kappa shape index (κ3) is 2.84. The molecule has 1 N–H and O–H groups in total. The van der Waals surface area contributed by atoms with Gasteiger partial charge in [-0.05, 0) is 23.6 Å². The zero-order chi connectivity index (χ0) is 12.3. The molecule has 0 spiro atoms. The van der Waals surface area contributed by atoms with Crippen LogP contribution in [0.5, 0.6) is 0 Å². The van der Waals surface area contributed by atoms with E-state index in [1.165, 1.54) is 0 Å². The standard InChI is InChI=1S/C13H15NO3/c1-9(8-12(15)16)10-2-4-11(5-3-10)13-14-6-7-17-13/h2-5,9H,6-8H2,1H3,(H,15,16). The summed E-state index contributed by atoms with van der Waals surface area (Å²) in [6.45, 7) is 3.27. The Morgan fingerprint density at radius 1 is 1.47 bits per heavy atom. The predicted molar refractivity (Wildman–Crippen MR) is 64.5 cm³/mol. The van der Waals surface area contributed by atoms with Crippen molar-refractivity contribution in [1.29, 1.82) is 0 Å². The van der Waals surface area contributed by atoms with E-state index in [1.807, 2.05) is 31.2 Å². The summed E-state index contributed by atoms with van der Waals surface area (Å²) in [5, 5.41) is 8.73. The van der Waals surface area contributed by atoms with E-state index in [1.54, 1.807) is 0 Å². The smallest absolute Gasteiger partial charge is 0.303 e. The highest BCUT2D eigenvalue weighted by atomic mass is 16.5. The molecule has 0 saturated carbocycles.